The van der Waals surface area contributed by atoms with Crippen LogP contribution in [0.2, 0.25) is 0 Å². The van der Waals surface area contributed by atoms with Gasteiger partial charge in [0.1, 0.15) is 11.5 Å². The maximum absolute atomic E-state index is 9.29. The molecule has 1 aromatic heterocycles. The van der Waals surface area contributed by atoms with Gasteiger partial charge in [0.15, 0.2) is 0 Å². The van der Waals surface area contributed by atoms with E-state index in [2.05, 4.69) is 47.6 Å². The van der Waals surface area contributed by atoms with Crippen LogP contribution >= 0.6 is 11.3 Å². The van der Waals surface area contributed by atoms with Gasteiger partial charge in [-0.05, 0) is 68.9 Å². The molecule has 4 heteroatoms. The van der Waals surface area contributed by atoms with Gasteiger partial charge in [-0.1, -0.05) is 19.4 Å². The second-order valence-electron chi connectivity index (χ2n) is 7.45. The topological polar surface area (TPSA) is 42.2 Å². The molecule has 0 saturated carbocycles. The van der Waals surface area contributed by atoms with Gasteiger partial charge in [0.05, 0.1) is 31.4 Å². The van der Waals surface area contributed by atoms with Crippen molar-refractivity contribution in [3.63, 3.8) is 0 Å². The van der Waals surface area contributed by atoms with Crippen molar-refractivity contribution in [1.29, 1.82) is 5.26 Å². The maximum Gasteiger partial charge on any atom is 0.132 e. The van der Waals surface area contributed by atoms with Crippen molar-refractivity contribution in [2.75, 3.05) is 14.2 Å². The zero-order valence-electron chi connectivity index (χ0n) is 17.6. The van der Waals surface area contributed by atoms with Crippen molar-refractivity contribution in [3.05, 3.63) is 39.3 Å². The van der Waals surface area contributed by atoms with E-state index in [0.29, 0.717) is 23.0 Å². The summed E-state index contributed by atoms with van der Waals surface area (Å²) < 4.78 is 11.2. The summed E-state index contributed by atoms with van der Waals surface area (Å²) >= 11 is 1.79. The van der Waals surface area contributed by atoms with Gasteiger partial charge >= 0.3 is 0 Å². The largest absolute Gasteiger partial charge is 0.496 e. The van der Waals surface area contributed by atoms with Crippen LogP contribution < -0.4 is 9.47 Å². The fourth-order valence-electron chi connectivity index (χ4n) is 3.25. The van der Waals surface area contributed by atoms with E-state index in [1.54, 1.807) is 37.7 Å². The number of thiophene rings is 1. The third kappa shape index (κ3) is 4.20. The van der Waals surface area contributed by atoms with Gasteiger partial charge < -0.3 is 9.47 Å². The van der Waals surface area contributed by atoms with E-state index in [0.717, 1.165) is 16.9 Å². The van der Waals surface area contributed by atoms with Gasteiger partial charge in [-0.2, -0.15) is 5.26 Å². The second-order valence-corrected chi connectivity index (χ2v) is 8.48. The molecule has 0 aliphatic rings. The highest BCUT2D eigenvalue weighted by Gasteiger charge is 2.23. The van der Waals surface area contributed by atoms with Crippen LogP contribution in [-0.4, -0.2) is 14.2 Å². The molecule has 1 aromatic carbocycles. The number of hydrogen-bond donors (Lipinski definition) is 0. The predicted octanol–water partition coefficient (Wildman–Crippen LogP) is 6.76. The first kappa shape index (κ1) is 21.1. The molecule has 0 N–H and O–H groups in total. The molecule has 0 amide bonds. The Bertz CT molecular complexity index is 884. The third-order valence-electron chi connectivity index (χ3n) is 4.80. The minimum atomic E-state index is 0.531. The van der Waals surface area contributed by atoms with E-state index in [4.69, 9.17) is 9.47 Å². The van der Waals surface area contributed by atoms with Gasteiger partial charge in [0.2, 0.25) is 0 Å². The summed E-state index contributed by atoms with van der Waals surface area (Å²) in [6.07, 6.45) is 1.06. The van der Waals surface area contributed by atoms with E-state index in [9.17, 15) is 5.26 Å². The number of rotatable bonds is 6. The van der Waals surface area contributed by atoms with Gasteiger partial charge in [0.25, 0.3) is 0 Å². The Hall–Kier alpha value is -2.25. The van der Waals surface area contributed by atoms with Crippen molar-refractivity contribution < 1.29 is 9.47 Å². The molecule has 2 rings (SSSR count). The maximum atomic E-state index is 9.29. The second kappa shape index (κ2) is 8.63. The lowest BCUT2D eigenvalue weighted by atomic mass is 9.94. The van der Waals surface area contributed by atoms with Crippen molar-refractivity contribution in [2.45, 2.75) is 48.0 Å². The molecule has 144 valence electrons. The fourth-order valence-corrected chi connectivity index (χ4v) is 4.78. The monoisotopic (exact) mass is 383 g/mol. The Balaban J connectivity index is 2.76. The van der Waals surface area contributed by atoms with E-state index >= 15 is 0 Å². The molecule has 0 radical (unpaired) electrons. The summed E-state index contributed by atoms with van der Waals surface area (Å²) in [5, 5.41) is 9.29. The Morgan fingerprint density at radius 2 is 1.63 bits per heavy atom. The Morgan fingerprint density at radius 3 is 2.04 bits per heavy atom. The van der Waals surface area contributed by atoms with Gasteiger partial charge in [-0.3, -0.25) is 0 Å². The van der Waals surface area contributed by atoms with Crippen LogP contribution in [0.3, 0.4) is 0 Å². The first-order valence-corrected chi connectivity index (χ1v) is 9.99. The highest BCUT2D eigenvalue weighted by Crippen LogP contribution is 2.48. The van der Waals surface area contributed by atoms with Crippen LogP contribution in [0.15, 0.2) is 17.7 Å². The highest BCUT2D eigenvalue weighted by molar-refractivity contribution is 7.17. The molecular formula is C23H29NO2S. The van der Waals surface area contributed by atoms with Crippen LogP contribution in [-0.2, 0) is 0 Å². The molecule has 0 unspecified atom stereocenters. The molecule has 27 heavy (non-hydrogen) atoms. The molecule has 0 spiro atoms. The first-order valence-electron chi connectivity index (χ1n) is 9.18. The van der Waals surface area contributed by atoms with E-state index in [-0.39, 0.29) is 0 Å². The molecule has 0 aliphatic carbocycles. The first-order chi connectivity index (χ1) is 12.7. The lowest BCUT2D eigenvalue weighted by molar-refractivity contribution is 0.397. The summed E-state index contributed by atoms with van der Waals surface area (Å²) in [6.45, 7) is 13.2. The molecule has 0 aliphatic heterocycles. The highest BCUT2D eigenvalue weighted by atomic mass is 32.1. The van der Waals surface area contributed by atoms with Crippen LogP contribution in [0, 0.1) is 31.1 Å². The lowest BCUT2D eigenvalue weighted by Gasteiger charge is -2.14. The predicted molar refractivity (Wildman–Crippen MR) is 115 cm³/mol. The molecule has 3 nitrogen and oxygen atoms in total. The lowest BCUT2D eigenvalue weighted by Crippen LogP contribution is -1.94. The van der Waals surface area contributed by atoms with Crippen molar-refractivity contribution in [3.8, 4) is 28.0 Å². The van der Waals surface area contributed by atoms with Gasteiger partial charge in [0, 0.05) is 9.75 Å². The fraction of sp³-hybridized carbons (Fsp3) is 0.435. The summed E-state index contributed by atoms with van der Waals surface area (Å²) in [5.74, 6) is 1.94. The zero-order chi connectivity index (χ0) is 20.3. The van der Waals surface area contributed by atoms with Gasteiger partial charge in [-0.25, -0.2) is 0 Å². The minimum Gasteiger partial charge on any atom is -0.496 e. The van der Waals surface area contributed by atoms with Crippen LogP contribution in [0.4, 0.5) is 0 Å². The Labute approximate surface area is 167 Å². The van der Waals surface area contributed by atoms with Crippen molar-refractivity contribution >= 4 is 16.9 Å². The summed E-state index contributed by atoms with van der Waals surface area (Å²) in [4.78, 5) is 2.48. The molecule has 2 aromatic rings. The molecule has 1 heterocycles. The van der Waals surface area contributed by atoms with Crippen molar-refractivity contribution in [1.82, 2.24) is 0 Å². The number of benzene rings is 1. The number of nitriles is 1. The van der Waals surface area contributed by atoms with Gasteiger partial charge in [-0.15, -0.1) is 11.3 Å². The summed E-state index contributed by atoms with van der Waals surface area (Å²) in [6, 6.07) is 5.74. The molecule has 0 fully saturated rings. The Kier molecular flexibility index (Phi) is 6.73. The third-order valence-corrected chi connectivity index (χ3v) is 6.27. The summed E-state index contributed by atoms with van der Waals surface area (Å²) in [7, 11) is 3.27. The van der Waals surface area contributed by atoms with E-state index in [1.165, 1.54) is 27.2 Å². The average molecular weight is 384 g/mol. The SMILES string of the molecule is COc1cc(C#N)cc(OC)c1-c1sc(C(CC(C)C)=C(C)C)c(C)c1C. The standard InChI is InChI=1S/C23H29NO2S/c1-13(2)9-18(14(3)4)22-15(5)16(6)23(27-22)21-19(25-7)10-17(12-24)11-20(21)26-8/h10-11,13H,9H2,1-8H3. The molecule has 0 bridgehead atoms. The molecule has 0 atom stereocenters. The number of allylic oxidation sites excluding steroid dienone is 2. The number of hydrogen-bond acceptors (Lipinski definition) is 4. The Morgan fingerprint density at radius 1 is 1.07 bits per heavy atom. The number of nitrogens with zero attached hydrogens (tertiary/aromatic N) is 1. The van der Waals surface area contributed by atoms with Crippen LogP contribution in [0.25, 0.3) is 16.0 Å². The van der Waals surface area contributed by atoms with Crippen LogP contribution in [0.5, 0.6) is 11.5 Å². The van der Waals surface area contributed by atoms with Crippen LogP contribution in [0.1, 0.15) is 55.7 Å². The number of methoxy groups -OCH3 is 2. The smallest absolute Gasteiger partial charge is 0.132 e. The average Bonchev–Trinajstić information content (AvgIpc) is 2.92. The van der Waals surface area contributed by atoms with E-state index < -0.39 is 0 Å². The summed E-state index contributed by atoms with van der Waals surface area (Å²) in [5.41, 5.74) is 6.78. The quantitative estimate of drug-likeness (QED) is 0.553. The normalized spacial score (nSPS) is 10.7. The molecular weight excluding hydrogens is 354 g/mol. The zero-order valence-corrected chi connectivity index (χ0v) is 18.4. The minimum absolute atomic E-state index is 0.531. The van der Waals surface area contributed by atoms with E-state index in [1.807, 2.05) is 0 Å². The molecule has 0 saturated heterocycles. The van der Waals surface area contributed by atoms with Crippen molar-refractivity contribution in [2.24, 2.45) is 5.92 Å². The number of ether oxygens (including phenoxy) is 2.